The van der Waals surface area contributed by atoms with Gasteiger partial charge in [-0.3, -0.25) is 0 Å². The molecule has 1 fully saturated rings. The Morgan fingerprint density at radius 1 is 1.33 bits per heavy atom. The quantitative estimate of drug-likeness (QED) is 0.839. The van der Waals surface area contributed by atoms with Crippen LogP contribution >= 0.6 is 0 Å². The monoisotopic (exact) mass is 293 g/mol. The number of nitrogens with zero attached hydrogens (tertiary/aromatic N) is 1. The number of aliphatic hydroxyl groups excluding tert-OH is 1. The molecule has 5 nitrogen and oxygen atoms in total. The van der Waals surface area contributed by atoms with Crippen LogP contribution < -0.4 is 4.90 Å². The highest BCUT2D eigenvalue weighted by Gasteiger charge is 2.28. The molecule has 0 bridgehead atoms. The Bertz CT molecular complexity index is 460. The number of aliphatic hydroxyl groups is 1. The summed E-state index contributed by atoms with van der Waals surface area (Å²) in [5.74, 6) is -0.342. The number of hydrogen-bond donors (Lipinski definition) is 1. The van der Waals surface area contributed by atoms with Gasteiger partial charge in [0.2, 0.25) is 0 Å². The third-order valence-corrected chi connectivity index (χ3v) is 3.90. The van der Waals surface area contributed by atoms with E-state index < -0.39 is 0 Å². The van der Waals surface area contributed by atoms with Crippen molar-refractivity contribution in [3.8, 4) is 0 Å². The lowest BCUT2D eigenvalue weighted by Gasteiger charge is -2.40. The zero-order chi connectivity index (χ0) is 15.2. The Kier molecular flexibility index (Phi) is 5.59. The van der Waals surface area contributed by atoms with E-state index in [9.17, 15) is 9.90 Å². The van der Waals surface area contributed by atoms with Gasteiger partial charge in [-0.1, -0.05) is 0 Å². The molecule has 1 aliphatic heterocycles. The van der Waals surface area contributed by atoms with Crippen LogP contribution in [-0.4, -0.2) is 50.1 Å². The van der Waals surface area contributed by atoms with Crippen molar-refractivity contribution in [2.75, 3.05) is 31.8 Å². The normalized spacial score (nSPS) is 22.1. The molecule has 0 radical (unpaired) electrons. The third kappa shape index (κ3) is 3.74. The van der Waals surface area contributed by atoms with Gasteiger partial charge in [-0.2, -0.15) is 0 Å². The number of carbonyl (C=O) groups is 1. The van der Waals surface area contributed by atoms with E-state index in [-0.39, 0.29) is 24.7 Å². The molecule has 5 heteroatoms. The van der Waals surface area contributed by atoms with Gasteiger partial charge in [-0.15, -0.1) is 0 Å². The van der Waals surface area contributed by atoms with E-state index in [1.807, 2.05) is 19.1 Å². The molecule has 0 aliphatic carbocycles. The van der Waals surface area contributed by atoms with Gasteiger partial charge >= 0.3 is 5.97 Å². The summed E-state index contributed by atoms with van der Waals surface area (Å²) in [7, 11) is 1.37. The summed E-state index contributed by atoms with van der Waals surface area (Å²) in [4.78, 5) is 13.6. The molecule has 1 N–H and O–H groups in total. The molecular weight excluding hydrogens is 270 g/mol. The smallest absolute Gasteiger partial charge is 0.337 e. The summed E-state index contributed by atoms with van der Waals surface area (Å²) in [6.45, 7) is 3.57. The molecule has 0 amide bonds. The number of rotatable bonds is 5. The molecule has 1 heterocycles. The minimum atomic E-state index is -0.342. The van der Waals surface area contributed by atoms with Crippen LogP contribution in [0.3, 0.4) is 0 Å². The van der Waals surface area contributed by atoms with Gasteiger partial charge < -0.3 is 19.5 Å². The number of methoxy groups -OCH3 is 1. The lowest BCUT2D eigenvalue weighted by molar-refractivity contribution is 0.0420. The molecule has 1 aromatic rings. The Hall–Kier alpha value is -1.59. The summed E-state index contributed by atoms with van der Waals surface area (Å²) < 4.78 is 10.4. The SMILES string of the molecule is CCOC1CCC(CO)N(c2ccc(C(=O)OC)cc2)C1. The number of esters is 1. The number of hydrogen-bond acceptors (Lipinski definition) is 5. The molecule has 0 spiro atoms. The van der Waals surface area contributed by atoms with Crippen LogP contribution in [0.1, 0.15) is 30.1 Å². The van der Waals surface area contributed by atoms with Crippen molar-refractivity contribution in [3.05, 3.63) is 29.8 Å². The molecule has 2 atom stereocenters. The molecule has 0 saturated carbocycles. The topological polar surface area (TPSA) is 59.0 Å². The summed E-state index contributed by atoms with van der Waals surface area (Å²) in [6.07, 6.45) is 2.06. The van der Waals surface area contributed by atoms with Gasteiger partial charge in [-0.05, 0) is 44.0 Å². The largest absolute Gasteiger partial charge is 0.465 e. The van der Waals surface area contributed by atoms with E-state index in [0.29, 0.717) is 12.2 Å². The lowest BCUT2D eigenvalue weighted by atomic mass is 9.99. The first kappa shape index (κ1) is 15.8. The van der Waals surface area contributed by atoms with Crippen LogP contribution in [-0.2, 0) is 9.47 Å². The predicted octanol–water partition coefficient (Wildman–Crippen LogP) is 1.84. The van der Waals surface area contributed by atoms with Crippen LogP contribution in [0, 0.1) is 0 Å². The van der Waals surface area contributed by atoms with Crippen molar-refractivity contribution in [1.29, 1.82) is 0 Å². The average Bonchev–Trinajstić information content (AvgIpc) is 2.54. The minimum Gasteiger partial charge on any atom is -0.465 e. The van der Waals surface area contributed by atoms with E-state index >= 15 is 0 Å². The molecule has 21 heavy (non-hydrogen) atoms. The number of ether oxygens (including phenoxy) is 2. The fourth-order valence-electron chi connectivity index (χ4n) is 2.78. The Labute approximate surface area is 125 Å². The summed E-state index contributed by atoms with van der Waals surface area (Å²) in [6, 6.07) is 7.39. The highest BCUT2D eigenvalue weighted by molar-refractivity contribution is 5.89. The van der Waals surface area contributed by atoms with Gasteiger partial charge in [0, 0.05) is 18.8 Å². The number of anilines is 1. The van der Waals surface area contributed by atoms with Gasteiger partial charge in [0.25, 0.3) is 0 Å². The zero-order valence-electron chi connectivity index (χ0n) is 12.6. The number of benzene rings is 1. The standard InChI is InChI=1S/C16H23NO4/c1-3-21-15-9-8-14(11-18)17(10-15)13-6-4-12(5-7-13)16(19)20-2/h4-7,14-15,18H,3,8-11H2,1-2H3. The van der Waals surface area contributed by atoms with Crippen molar-refractivity contribution < 1.29 is 19.4 Å². The molecule has 2 unspecified atom stereocenters. The summed E-state index contributed by atoms with van der Waals surface area (Å²) in [5.41, 5.74) is 1.52. The van der Waals surface area contributed by atoms with E-state index in [1.165, 1.54) is 7.11 Å². The number of piperidine rings is 1. The molecule has 116 valence electrons. The fourth-order valence-corrected chi connectivity index (χ4v) is 2.78. The van der Waals surface area contributed by atoms with Crippen LogP contribution in [0.25, 0.3) is 0 Å². The maximum atomic E-state index is 11.5. The van der Waals surface area contributed by atoms with Crippen molar-refractivity contribution in [2.45, 2.75) is 31.9 Å². The fraction of sp³-hybridized carbons (Fsp3) is 0.562. The van der Waals surface area contributed by atoms with Gasteiger partial charge in [0.1, 0.15) is 0 Å². The molecule has 1 aliphatic rings. The first-order valence-corrected chi connectivity index (χ1v) is 7.37. The predicted molar refractivity (Wildman–Crippen MR) is 80.6 cm³/mol. The van der Waals surface area contributed by atoms with Crippen molar-refractivity contribution in [3.63, 3.8) is 0 Å². The van der Waals surface area contributed by atoms with E-state index in [0.717, 1.165) is 25.1 Å². The van der Waals surface area contributed by atoms with Crippen LogP contribution in [0.5, 0.6) is 0 Å². The molecule has 0 aromatic heterocycles. The molecular formula is C16H23NO4. The zero-order valence-corrected chi connectivity index (χ0v) is 12.6. The van der Waals surface area contributed by atoms with Crippen LogP contribution in [0.15, 0.2) is 24.3 Å². The van der Waals surface area contributed by atoms with E-state index in [4.69, 9.17) is 9.47 Å². The van der Waals surface area contributed by atoms with E-state index in [2.05, 4.69) is 4.90 Å². The van der Waals surface area contributed by atoms with E-state index in [1.54, 1.807) is 12.1 Å². The Morgan fingerprint density at radius 3 is 2.62 bits per heavy atom. The third-order valence-electron chi connectivity index (χ3n) is 3.90. The second-order valence-electron chi connectivity index (χ2n) is 5.18. The maximum absolute atomic E-state index is 11.5. The van der Waals surface area contributed by atoms with Crippen molar-refractivity contribution in [2.24, 2.45) is 0 Å². The lowest BCUT2D eigenvalue weighted by Crippen LogP contribution is -2.48. The van der Waals surface area contributed by atoms with Crippen molar-refractivity contribution >= 4 is 11.7 Å². The Balaban J connectivity index is 2.14. The highest BCUT2D eigenvalue weighted by atomic mass is 16.5. The second-order valence-corrected chi connectivity index (χ2v) is 5.18. The molecule has 1 saturated heterocycles. The van der Waals surface area contributed by atoms with Crippen LogP contribution in [0.2, 0.25) is 0 Å². The summed E-state index contributed by atoms with van der Waals surface area (Å²) in [5, 5.41) is 9.56. The first-order valence-electron chi connectivity index (χ1n) is 7.37. The van der Waals surface area contributed by atoms with Gasteiger partial charge in [0.05, 0.1) is 31.4 Å². The average molecular weight is 293 g/mol. The van der Waals surface area contributed by atoms with Gasteiger partial charge in [0.15, 0.2) is 0 Å². The Morgan fingerprint density at radius 2 is 2.05 bits per heavy atom. The van der Waals surface area contributed by atoms with Crippen LogP contribution in [0.4, 0.5) is 5.69 Å². The highest BCUT2D eigenvalue weighted by Crippen LogP contribution is 2.26. The molecule has 1 aromatic carbocycles. The number of carbonyl (C=O) groups excluding carboxylic acids is 1. The summed E-state index contributed by atoms with van der Waals surface area (Å²) >= 11 is 0. The maximum Gasteiger partial charge on any atom is 0.337 e. The van der Waals surface area contributed by atoms with Crippen molar-refractivity contribution in [1.82, 2.24) is 0 Å². The molecule has 2 rings (SSSR count). The van der Waals surface area contributed by atoms with Gasteiger partial charge in [-0.25, -0.2) is 4.79 Å². The second kappa shape index (κ2) is 7.43. The minimum absolute atomic E-state index is 0.102. The first-order chi connectivity index (χ1) is 10.2.